The second-order valence-corrected chi connectivity index (χ2v) is 9.24. The van der Waals surface area contributed by atoms with Crippen LogP contribution in [0.25, 0.3) is 11.1 Å². The van der Waals surface area contributed by atoms with Crippen molar-refractivity contribution in [2.24, 2.45) is 5.92 Å². The number of aryl methyl sites for hydroxylation is 1. The number of likely N-dealkylation sites (tertiary alicyclic amines) is 1. The average Bonchev–Trinajstić information content (AvgIpc) is 2.78. The zero-order valence-corrected chi connectivity index (χ0v) is 18.5. The summed E-state index contributed by atoms with van der Waals surface area (Å²) < 4.78 is 47.0. The summed E-state index contributed by atoms with van der Waals surface area (Å²) in [4.78, 5) is 16.7. The lowest BCUT2D eigenvalue weighted by Gasteiger charge is -2.29. The molecule has 1 aliphatic rings. The lowest BCUT2D eigenvalue weighted by Crippen LogP contribution is -2.34. The summed E-state index contributed by atoms with van der Waals surface area (Å²) in [7, 11) is -1.62. The van der Waals surface area contributed by atoms with Crippen molar-refractivity contribution in [3.63, 3.8) is 0 Å². The predicted octanol–water partition coefficient (Wildman–Crippen LogP) is 2.04. The van der Waals surface area contributed by atoms with Gasteiger partial charge in [-0.1, -0.05) is 0 Å². The van der Waals surface area contributed by atoms with Crippen LogP contribution in [-0.2, 0) is 15.6 Å². The van der Waals surface area contributed by atoms with Crippen molar-refractivity contribution in [3.8, 4) is 16.9 Å². The third-order valence-corrected chi connectivity index (χ3v) is 6.80. The normalized spacial score (nSPS) is 16.6. The minimum atomic E-state index is -1.62. The summed E-state index contributed by atoms with van der Waals surface area (Å²) in [5.74, 6) is -2.14. The summed E-state index contributed by atoms with van der Waals surface area (Å²) >= 11 is 0. The molecule has 3 rings (SSSR count). The van der Waals surface area contributed by atoms with Crippen molar-refractivity contribution < 1.29 is 32.7 Å². The topological polar surface area (TPSA) is 100.0 Å². The summed E-state index contributed by atoms with van der Waals surface area (Å²) in [6.45, 7) is 2.50. The molecule has 1 amide bonds. The van der Waals surface area contributed by atoms with Crippen molar-refractivity contribution in [2.75, 3.05) is 32.1 Å². The number of ether oxygens (including phenoxy) is 1. The van der Waals surface area contributed by atoms with Gasteiger partial charge in [-0.15, -0.1) is 0 Å². The molecule has 2 heterocycles. The van der Waals surface area contributed by atoms with E-state index in [-0.39, 0.29) is 28.9 Å². The first-order chi connectivity index (χ1) is 15.3. The molecule has 10 heteroatoms. The Bertz CT molecular complexity index is 960. The van der Waals surface area contributed by atoms with Crippen LogP contribution in [0, 0.1) is 24.5 Å². The molecule has 0 aliphatic carbocycles. The molecule has 0 bridgehead atoms. The fourth-order valence-corrected chi connectivity index (χ4v) is 4.65. The Labute approximate surface area is 187 Å². The van der Waals surface area contributed by atoms with Gasteiger partial charge in [0.2, 0.25) is 6.41 Å². The molecule has 1 aromatic carbocycles. The Kier molecular flexibility index (Phi) is 8.27. The molecule has 1 aromatic heterocycles. The lowest BCUT2D eigenvalue weighted by molar-refractivity contribution is -0.119. The largest absolute Gasteiger partial charge is 0.487 e. The van der Waals surface area contributed by atoms with E-state index in [4.69, 9.17) is 9.84 Å². The number of carbonyl (C=O) groups excluding carboxylic acids is 1. The maximum Gasteiger partial charge on any atom is 0.209 e. The van der Waals surface area contributed by atoms with Crippen molar-refractivity contribution in [1.29, 1.82) is 0 Å². The van der Waals surface area contributed by atoms with Crippen LogP contribution in [0.4, 0.5) is 8.78 Å². The van der Waals surface area contributed by atoms with Crippen LogP contribution in [0.15, 0.2) is 29.3 Å². The molecule has 7 nitrogen and oxygen atoms in total. The van der Waals surface area contributed by atoms with Gasteiger partial charge in [-0.3, -0.25) is 9.00 Å². The molecule has 2 atom stereocenters. The maximum absolute atomic E-state index is 14.6. The second kappa shape index (κ2) is 10.9. The minimum absolute atomic E-state index is 0.119. The zero-order valence-electron chi connectivity index (χ0n) is 17.7. The predicted molar refractivity (Wildman–Crippen MR) is 115 cm³/mol. The lowest BCUT2D eigenvalue weighted by atomic mass is 9.98. The van der Waals surface area contributed by atoms with Crippen LogP contribution in [-0.4, -0.2) is 68.9 Å². The van der Waals surface area contributed by atoms with Gasteiger partial charge in [0.25, 0.3) is 0 Å². The van der Waals surface area contributed by atoms with E-state index in [1.165, 1.54) is 18.2 Å². The molecule has 0 spiro atoms. The fourth-order valence-electron chi connectivity index (χ4n) is 3.56. The van der Waals surface area contributed by atoms with Gasteiger partial charge < -0.3 is 19.8 Å². The molecule has 2 aromatic rings. The first-order valence-electron chi connectivity index (χ1n) is 10.3. The average molecular weight is 469 g/mol. The van der Waals surface area contributed by atoms with E-state index >= 15 is 0 Å². The van der Waals surface area contributed by atoms with Crippen LogP contribution in [0.2, 0.25) is 0 Å². The van der Waals surface area contributed by atoms with Gasteiger partial charge in [0.05, 0.1) is 35.9 Å². The number of piperidine rings is 1. The van der Waals surface area contributed by atoms with E-state index in [2.05, 4.69) is 4.98 Å². The number of halogens is 2. The standard InChI is InChI=1S/C22H26F2N2O5S/c1-14-18(2-3-21(25-14)32(30)12-17(29)10-27)16-8-19(23)22(20(24)9-16)31-11-15-4-6-26(13-28)7-5-15/h2-3,8-9,13,15,17,27,29H,4-7,10-12H2,1H3. The van der Waals surface area contributed by atoms with Crippen LogP contribution < -0.4 is 4.74 Å². The highest BCUT2D eigenvalue weighted by atomic mass is 32.2. The van der Waals surface area contributed by atoms with Crippen molar-refractivity contribution in [2.45, 2.75) is 30.9 Å². The highest BCUT2D eigenvalue weighted by Crippen LogP contribution is 2.31. The van der Waals surface area contributed by atoms with Crippen molar-refractivity contribution in [3.05, 3.63) is 41.6 Å². The van der Waals surface area contributed by atoms with Gasteiger partial charge in [0.1, 0.15) is 5.03 Å². The monoisotopic (exact) mass is 468 g/mol. The van der Waals surface area contributed by atoms with Gasteiger partial charge >= 0.3 is 0 Å². The Morgan fingerprint density at radius 1 is 1.28 bits per heavy atom. The first-order valence-corrected chi connectivity index (χ1v) is 11.6. The SMILES string of the molecule is Cc1nc(S(=O)CC(O)CO)ccc1-c1cc(F)c(OCC2CCN(C=O)CC2)c(F)c1. The first kappa shape index (κ1) is 24.2. The van der Waals surface area contributed by atoms with E-state index in [0.29, 0.717) is 37.2 Å². The molecule has 174 valence electrons. The molecule has 2 N–H and O–H groups in total. The third-order valence-electron chi connectivity index (χ3n) is 5.42. The number of pyridine rings is 1. The molecule has 32 heavy (non-hydrogen) atoms. The van der Waals surface area contributed by atoms with E-state index in [9.17, 15) is 22.9 Å². The minimum Gasteiger partial charge on any atom is -0.487 e. The number of carbonyl (C=O) groups is 1. The molecule has 2 unspecified atom stereocenters. The zero-order chi connectivity index (χ0) is 23.3. The highest BCUT2D eigenvalue weighted by Gasteiger charge is 2.21. The van der Waals surface area contributed by atoms with Crippen LogP contribution in [0.5, 0.6) is 5.75 Å². The number of aliphatic hydroxyl groups excluding tert-OH is 2. The second-order valence-electron chi connectivity index (χ2n) is 7.80. The summed E-state index contributed by atoms with van der Waals surface area (Å²) in [5, 5.41) is 18.5. The molecule has 0 radical (unpaired) electrons. The smallest absolute Gasteiger partial charge is 0.209 e. The summed E-state index contributed by atoms with van der Waals surface area (Å²) in [5.41, 5.74) is 1.16. The van der Waals surface area contributed by atoms with Crippen molar-refractivity contribution in [1.82, 2.24) is 9.88 Å². The molecule has 1 saturated heterocycles. The van der Waals surface area contributed by atoms with Crippen LogP contribution in [0.3, 0.4) is 0 Å². The quantitative estimate of drug-likeness (QED) is 0.547. The van der Waals surface area contributed by atoms with Gasteiger partial charge in [-0.05, 0) is 55.5 Å². The number of benzene rings is 1. The number of aromatic nitrogens is 1. The fraction of sp³-hybridized carbons (Fsp3) is 0.455. The van der Waals surface area contributed by atoms with Crippen LogP contribution in [0.1, 0.15) is 18.5 Å². The van der Waals surface area contributed by atoms with E-state index < -0.39 is 40.9 Å². The van der Waals surface area contributed by atoms with E-state index in [0.717, 1.165) is 6.41 Å². The summed E-state index contributed by atoms with van der Waals surface area (Å²) in [6.07, 6.45) is 1.11. The maximum atomic E-state index is 14.6. The van der Waals surface area contributed by atoms with Crippen LogP contribution >= 0.6 is 0 Å². The number of rotatable bonds is 9. The Hall–Kier alpha value is -2.43. The molecule has 0 saturated carbocycles. The number of amides is 1. The molecular weight excluding hydrogens is 442 g/mol. The number of nitrogens with zero attached hydrogens (tertiary/aromatic N) is 2. The molecule has 1 aliphatic heterocycles. The van der Waals surface area contributed by atoms with Gasteiger partial charge in [0, 0.05) is 24.3 Å². The highest BCUT2D eigenvalue weighted by molar-refractivity contribution is 7.85. The molecule has 1 fully saturated rings. The van der Waals surface area contributed by atoms with Gasteiger partial charge in [-0.2, -0.15) is 0 Å². The van der Waals surface area contributed by atoms with Gasteiger partial charge in [0.15, 0.2) is 17.4 Å². The van der Waals surface area contributed by atoms with Gasteiger partial charge in [-0.25, -0.2) is 13.8 Å². The van der Waals surface area contributed by atoms with E-state index in [1.807, 2.05) is 0 Å². The molecular formula is C22H26F2N2O5S. The Morgan fingerprint density at radius 2 is 1.94 bits per heavy atom. The number of hydrogen-bond donors (Lipinski definition) is 2. The number of hydrogen-bond acceptors (Lipinski definition) is 6. The Morgan fingerprint density at radius 3 is 2.50 bits per heavy atom. The summed E-state index contributed by atoms with van der Waals surface area (Å²) in [6, 6.07) is 5.37. The Balaban J connectivity index is 1.71. The van der Waals surface area contributed by atoms with E-state index in [1.54, 1.807) is 17.9 Å². The number of aliphatic hydroxyl groups is 2. The third kappa shape index (κ3) is 5.87. The van der Waals surface area contributed by atoms with Crippen molar-refractivity contribution >= 4 is 17.2 Å².